The Kier molecular flexibility index (Phi) is 11.1. The maximum atomic E-state index is 14.6. The van der Waals surface area contributed by atoms with Crippen LogP contribution in [0.1, 0.15) is 72.9 Å². The first-order valence-electron chi connectivity index (χ1n) is 22.0. The molecule has 63 heavy (non-hydrogen) atoms. The van der Waals surface area contributed by atoms with E-state index < -0.39 is 11.9 Å². The van der Waals surface area contributed by atoms with Gasteiger partial charge in [-0.1, -0.05) is 43.2 Å². The minimum absolute atomic E-state index is 0.0333. The number of rotatable bonds is 13. The van der Waals surface area contributed by atoms with Crippen LogP contribution in [0.25, 0.3) is 22.3 Å². The fourth-order valence-electron chi connectivity index (χ4n) is 9.62. The molecule has 3 atom stereocenters. The Bertz CT molecular complexity index is 2570. The number of fused-ring (bicyclic) bond motifs is 3. The summed E-state index contributed by atoms with van der Waals surface area (Å²) in [7, 11) is 3.23. The SMILES string of the molecule is COc1ccc(C2=NN(C3CCN(C(=O)[C@H](Cc4ccccc4)NC(=O)c4c[nH]c5c(-c6c(OCC7CC7)ccc7c6OCO7)ncnc45)CC3)C(=O)[C@@H]3CCCC[C@H]23)cc1OC. The molecule has 0 radical (unpaired) electrons. The van der Waals surface area contributed by atoms with Gasteiger partial charge in [0.25, 0.3) is 5.91 Å². The molecule has 3 amide bonds. The molecule has 2 saturated carbocycles. The summed E-state index contributed by atoms with van der Waals surface area (Å²) in [5.74, 6) is 2.80. The molecule has 5 aliphatic rings. The van der Waals surface area contributed by atoms with E-state index in [0.717, 1.165) is 55.4 Å². The summed E-state index contributed by atoms with van der Waals surface area (Å²) in [5.41, 5.74) is 5.06. The number of amides is 3. The predicted octanol–water partition coefficient (Wildman–Crippen LogP) is 6.54. The number of hydrogen-bond acceptors (Lipinski definition) is 11. The average Bonchev–Trinajstić information content (AvgIpc) is 3.85. The zero-order chi connectivity index (χ0) is 43.0. The van der Waals surface area contributed by atoms with Crippen LogP contribution in [0.15, 0.2) is 78.3 Å². The van der Waals surface area contributed by atoms with Gasteiger partial charge in [-0.25, -0.2) is 15.0 Å². The first kappa shape index (κ1) is 40.4. The number of nitrogens with zero attached hydrogens (tertiary/aromatic N) is 5. The van der Waals surface area contributed by atoms with Gasteiger partial charge in [-0.05, 0) is 80.3 Å². The Labute approximate surface area is 365 Å². The van der Waals surface area contributed by atoms with Crippen LogP contribution in [0.2, 0.25) is 0 Å². The second-order valence-electron chi connectivity index (χ2n) is 17.1. The molecule has 5 aromatic rings. The second-order valence-corrected chi connectivity index (χ2v) is 17.1. The van der Waals surface area contributed by atoms with Crippen molar-refractivity contribution in [3.8, 4) is 40.0 Å². The molecule has 5 heterocycles. The van der Waals surface area contributed by atoms with E-state index in [1.165, 1.54) is 6.33 Å². The maximum Gasteiger partial charge on any atom is 0.255 e. The molecule has 15 heteroatoms. The number of piperidine rings is 1. The number of nitrogens with one attached hydrogen (secondary N) is 2. The van der Waals surface area contributed by atoms with E-state index in [9.17, 15) is 14.4 Å². The molecule has 3 aromatic carbocycles. The van der Waals surface area contributed by atoms with Gasteiger partial charge in [0.2, 0.25) is 18.6 Å². The minimum Gasteiger partial charge on any atom is -0.493 e. The summed E-state index contributed by atoms with van der Waals surface area (Å²) in [6.45, 7) is 1.47. The summed E-state index contributed by atoms with van der Waals surface area (Å²) in [4.78, 5) is 57.3. The predicted molar refractivity (Wildman–Crippen MR) is 233 cm³/mol. The van der Waals surface area contributed by atoms with E-state index in [4.69, 9.17) is 28.8 Å². The molecule has 0 unspecified atom stereocenters. The molecule has 15 nitrogen and oxygen atoms in total. The van der Waals surface area contributed by atoms with E-state index in [1.807, 2.05) is 60.7 Å². The lowest BCUT2D eigenvalue weighted by Gasteiger charge is -2.43. The highest BCUT2D eigenvalue weighted by atomic mass is 16.7. The average molecular weight is 854 g/mol. The van der Waals surface area contributed by atoms with Gasteiger partial charge in [0.05, 0.1) is 49.2 Å². The van der Waals surface area contributed by atoms with Crippen molar-refractivity contribution in [3.63, 3.8) is 0 Å². The Balaban J connectivity index is 0.888. The molecule has 2 aliphatic carbocycles. The van der Waals surface area contributed by atoms with Gasteiger partial charge in [-0.15, -0.1) is 0 Å². The van der Waals surface area contributed by atoms with E-state index in [2.05, 4.69) is 20.3 Å². The van der Waals surface area contributed by atoms with Gasteiger partial charge in [0.1, 0.15) is 29.3 Å². The van der Waals surface area contributed by atoms with Crippen LogP contribution in [0, 0.1) is 17.8 Å². The molecule has 10 rings (SSSR count). The van der Waals surface area contributed by atoms with E-state index in [-0.39, 0.29) is 48.5 Å². The Morgan fingerprint density at radius 2 is 1.67 bits per heavy atom. The lowest BCUT2D eigenvalue weighted by atomic mass is 9.73. The number of H-pyrrole nitrogens is 1. The molecule has 1 saturated heterocycles. The summed E-state index contributed by atoms with van der Waals surface area (Å²) in [5, 5.41) is 9.89. The van der Waals surface area contributed by atoms with Gasteiger partial charge < -0.3 is 38.9 Å². The van der Waals surface area contributed by atoms with E-state index >= 15 is 0 Å². The molecule has 326 valence electrons. The Morgan fingerprint density at radius 3 is 2.44 bits per heavy atom. The third-order valence-corrected chi connectivity index (χ3v) is 13.2. The van der Waals surface area contributed by atoms with Crippen LogP contribution in [0.5, 0.6) is 28.7 Å². The van der Waals surface area contributed by atoms with Crippen molar-refractivity contribution in [2.75, 3.05) is 40.7 Å². The van der Waals surface area contributed by atoms with E-state index in [1.54, 1.807) is 30.3 Å². The normalized spacial score (nSPS) is 20.2. The minimum atomic E-state index is -0.873. The number of methoxy groups -OCH3 is 2. The highest BCUT2D eigenvalue weighted by Gasteiger charge is 2.44. The van der Waals surface area contributed by atoms with Crippen LogP contribution in [-0.2, 0) is 16.0 Å². The third-order valence-electron chi connectivity index (χ3n) is 13.2. The van der Waals surface area contributed by atoms with Crippen LogP contribution < -0.4 is 29.0 Å². The van der Waals surface area contributed by atoms with Crippen molar-refractivity contribution in [1.29, 1.82) is 0 Å². The number of hydrazone groups is 1. The van der Waals surface area contributed by atoms with Crippen LogP contribution in [-0.4, -0.2) is 101 Å². The summed E-state index contributed by atoms with van der Waals surface area (Å²) < 4.78 is 29.0. The topological polar surface area (TPSA) is 170 Å². The van der Waals surface area contributed by atoms with Crippen LogP contribution in [0.4, 0.5) is 0 Å². The molecule has 3 aliphatic heterocycles. The molecule has 2 N–H and O–H groups in total. The second kappa shape index (κ2) is 17.3. The molecule has 3 fully saturated rings. The standard InChI is InChI=1S/C48H51N7O8/c1-59-36-15-14-30(23-39(36)60-2)41-32-10-6-7-11-33(32)47(57)55(53-41)31-18-20-54(21-19-31)48(58)35(22-28-8-4-3-5-9-28)52-46(56)34-24-49-44-42(34)50-26-51-43(44)40-37(61-25-29-12-13-29)16-17-38-45(40)63-27-62-38/h3-5,8-9,14-17,23-24,26,29,31-33,35,49H,6-7,10-13,18-22,25,27H2,1-2H3,(H,52,56)/t32-,33+,35-/m0/s1. The van der Waals surface area contributed by atoms with Crippen molar-refractivity contribution in [2.45, 2.75) is 69.9 Å². The quantitative estimate of drug-likeness (QED) is 0.133. The number of carbonyl (C=O) groups is 3. The number of likely N-dealkylation sites (tertiary alicyclic amines) is 1. The number of carbonyl (C=O) groups excluding carboxylic acids is 3. The van der Waals surface area contributed by atoms with Crippen molar-refractivity contribution < 1.29 is 38.1 Å². The Hall–Kier alpha value is -6.64. The van der Waals surface area contributed by atoms with Crippen LogP contribution >= 0.6 is 0 Å². The smallest absolute Gasteiger partial charge is 0.255 e. The van der Waals surface area contributed by atoms with Crippen molar-refractivity contribution >= 4 is 34.5 Å². The largest absolute Gasteiger partial charge is 0.493 e. The third kappa shape index (κ3) is 7.89. The molecular formula is C48H51N7O8. The summed E-state index contributed by atoms with van der Waals surface area (Å²) >= 11 is 0. The number of benzene rings is 3. The van der Waals surface area contributed by atoms with Crippen molar-refractivity contribution in [3.05, 3.63) is 89.9 Å². The van der Waals surface area contributed by atoms with Gasteiger partial charge in [0.15, 0.2) is 23.0 Å². The molecule has 0 bridgehead atoms. The Morgan fingerprint density at radius 1 is 0.889 bits per heavy atom. The van der Waals surface area contributed by atoms with E-state index in [0.29, 0.717) is 89.5 Å². The van der Waals surface area contributed by atoms with Crippen LogP contribution in [0.3, 0.4) is 0 Å². The van der Waals surface area contributed by atoms with Gasteiger partial charge in [0, 0.05) is 43.1 Å². The van der Waals surface area contributed by atoms with Crippen molar-refractivity contribution in [1.82, 2.24) is 30.2 Å². The van der Waals surface area contributed by atoms with Gasteiger partial charge in [-0.2, -0.15) is 5.10 Å². The highest BCUT2D eigenvalue weighted by molar-refractivity contribution is 6.09. The maximum absolute atomic E-state index is 14.6. The zero-order valence-corrected chi connectivity index (χ0v) is 35.5. The first-order valence-corrected chi connectivity index (χ1v) is 22.0. The summed E-state index contributed by atoms with van der Waals surface area (Å²) in [6.07, 6.45) is 10.5. The molecular weight excluding hydrogens is 803 g/mol. The summed E-state index contributed by atoms with van der Waals surface area (Å²) in [6, 6.07) is 18.1. The number of ether oxygens (including phenoxy) is 5. The fourth-order valence-corrected chi connectivity index (χ4v) is 9.62. The number of aromatic nitrogens is 3. The van der Waals surface area contributed by atoms with Gasteiger partial charge in [-0.3, -0.25) is 14.4 Å². The lowest BCUT2D eigenvalue weighted by Crippen LogP contribution is -2.55. The van der Waals surface area contributed by atoms with Crippen molar-refractivity contribution in [2.24, 2.45) is 22.9 Å². The zero-order valence-electron chi connectivity index (χ0n) is 35.5. The molecule has 0 spiro atoms. The first-order chi connectivity index (χ1) is 30.9. The number of hydrogen-bond donors (Lipinski definition) is 2. The monoisotopic (exact) mass is 853 g/mol. The fraction of sp³-hybridized carbons (Fsp3) is 0.417. The number of aromatic amines is 1. The van der Waals surface area contributed by atoms with Gasteiger partial charge >= 0.3 is 0 Å². The molecule has 2 aromatic heterocycles. The highest BCUT2D eigenvalue weighted by Crippen LogP contribution is 2.48. The lowest BCUT2D eigenvalue weighted by molar-refractivity contribution is -0.143.